The fraction of sp³-hybridized carbons (Fsp3) is 0.400. The third-order valence-corrected chi connectivity index (χ3v) is 3.69. The van der Waals surface area contributed by atoms with Crippen molar-refractivity contribution in [2.24, 2.45) is 0 Å². The molecule has 0 saturated carbocycles. The molecule has 2 rings (SSSR count). The van der Waals surface area contributed by atoms with E-state index in [1.165, 1.54) is 5.56 Å². The number of ether oxygens (including phenoxy) is 1. The maximum atomic E-state index is 5.71. The first-order chi connectivity index (χ1) is 9.72. The molecule has 1 heterocycles. The van der Waals surface area contributed by atoms with Gasteiger partial charge in [0.1, 0.15) is 12.4 Å². The van der Waals surface area contributed by atoms with E-state index < -0.39 is 0 Å². The molecule has 0 aliphatic rings. The highest BCUT2D eigenvalue weighted by molar-refractivity contribution is 9.10. The average Bonchev–Trinajstić information content (AvgIpc) is 2.89. The van der Waals surface area contributed by atoms with Crippen molar-refractivity contribution in [2.45, 2.75) is 25.9 Å². The summed E-state index contributed by atoms with van der Waals surface area (Å²) >= 11 is 3.43. The summed E-state index contributed by atoms with van der Waals surface area (Å²) in [7, 11) is 1.97. The van der Waals surface area contributed by atoms with Crippen molar-refractivity contribution >= 4 is 15.9 Å². The van der Waals surface area contributed by atoms with Crippen LogP contribution in [0.5, 0.6) is 5.75 Å². The zero-order valence-electron chi connectivity index (χ0n) is 11.8. The summed E-state index contributed by atoms with van der Waals surface area (Å²) < 4.78 is 8.65. The molecule has 4 nitrogen and oxygen atoms in total. The Kier molecular flexibility index (Phi) is 5.61. The molecular weight excluding hydrogens is 318 g/mol. The highest BCUT2D eigenvalue weighted by atomic mass is 79.9. The standard InChI is InChI=1S/C15H20BrN3O/c1-3-15(17-2)12-10-18-19(11-12)7-8-20-14-6-4-5-13(16)9-14/h4-6,9-11,15,17H,3,7-8H2,1-2H3. The van der Waals surface area contributed by atoms with Gasteiger partial charge in [-0.25, -0.2) is 0 Å². The van der Waals surface area contributed by atoms with E-state index in [0.717, 1.165) is 23.2 Å². The molecule has 0 aliphatic heterocycles. The van der Waals surface area contributed by atoms with Gasteiger partial charge in [-0.05, 0) is 31.7 Å². The van der Waals surface area contributed by atoms with E-state index >= 15 is 0 Å². The van der Waals surface area contributed by atoms with Gasteiger partial charge in [0, 0.05) is 22.3 Å². The summed E-state index contributed by atoms with van der Waals surface area (Å²) in [5.74, 6) is 0.869. The first-order valence-corrected chi connectivity index (χ1v) is 7.60. The average molecular weight is 338 g/mol. The van der Waals surface area contributed by atoms with Crippen LogP contribution in [0.1, 0.15) is 24.9 Å². The molecule has 1 unspecified atom stereocenters. The molecule has 1 aromatic carbocycles. The molecule has 1 N–H and O–H groups in total. The lowest BCUT2D eigenvalue weighted by Crippen LogP contribution is -2.14. The van der Waals surface area contributed by atoms with Gasteiger partial charge in [0.2, 0.25) is 0 Å². The molecular formula is C15H20BrN3O. The Balaban J connectivity index is 1.85. The van der Waals surface area contributed by atoms with Crippen molar-refractivity contribution < 1.29 is 4.74 Å². The molecule has 0 fully saturated rings. The third-order valence-electron chi connectivity index (χ3n) is 3.20. The lowest BCUT2D eigenvalue weighted by atomic mass is 10.1. The molecule has 108 valence electrons. The number of rotatable bonds is 7. The lowest BCUT2D eigenvalue weighted by molar-refractivity contribution is 0.291. The predicted octanol–water partition coefficient (Wildman–Crippen LogP) is 3.40. The highest BCUT2D eigenvalue weighted by Crippen LogP contribution is 2.18. The van der Waals surface area contributed by atoms with Gasteiger partial charge < -0.3 is 10.1 Å². The van der Waals surface area contributed by atoms with Crippen molar-refractivity contribution in [2.75, 3.05) is 13.7 Å². The second-order valence-corrected chi connectivity index (χ2v) is 5.51. The lowest BCUT2D eigenvalue weighted by Gasteiger charge is -2.10. The van der Waals surface area contributed by atoms with Crippen LogP contribution in [-0.2, 0) is 6.54 Å². The molecule has 1 atom stereocenters. The van der Waals surface area contributed by atoms with Gasteiger partial charge in [-0.15, -0.1) is 0 Å². The van der Waals surface area contributed by atoms with Crippen LogP contribution >= 0.6 is 15.9 Å². The van der Waals surface area contributed by atoms with Crippen molar-refractivity contribution in [1.29, 1.82) is 0 Å². The minimum atomic E-state index is 0.370. The number of hydrogen-bond donors (Lipinski definition) is 1. The van der Waals surface area contributed by atoms with Crippen LogP contribution in [0.4, 0.5) is 0 Å². The van der Waals surface area contributed by atoms with E-state index in [9.17, 15) is 0 Å². The zero-order chi connectivity index (χ0) is 14.4. The van der Waals surface area contributed by atoms with Crippen LogP contribution in [0, 0.1) is 0 Å². The predicted molar refractivity (Wildman–Crippen MR) is 84.0 cm³/mol. The molecule has 0 saturated heterocycles. The minimum Gasteiger partial charge on any atom is -0.492 e. The Hall–Kier alpha value is -1.33. The summed E-state index contributed by atoms with van der Waals surface area (Å²) in [6.07, 6.45) is 5.05. The van der Waals surface area contributed by atoms with Gasteiger partial charge in [-0.3, -0.25) is 4.68 Å². The van der Waals surface area contributed by atoms with E-state index in [4.69, 9.17) is 4.74 Å². The summed E-state index contributed by atoms with van der Waals surface area (Å²) in [4.78, 5) is 0. The van der Waals surface area contributed by atoms with Gasteiger partial charge in [-0.2, -0.15) is 5.10 Å². The molecule has 0 amide bonds. The topological polar surface area (TPSA) is 39.1 Å². The fourth-order valence-corrected chi connectivity index (χ4v) is 2.48. The minimum absolute atomic E-state index is 0.370. The molecule has 0 spiro atoms. The summed E-state index contributed by atoms with van der Waals surface area (Å²) in [5, 5.41) is 7.65. The second kappa shape index (κ2) is 7.45. The van der Waals surface area contributed by atoms with Crippen LogP contribution < -0.4 is 10.1 Å². The first kappa shape index (κ1) is 15.1. The van der Waals surface area contributed by atoms with Crippen LogP contribution in [0.2, 0.25) is 0 Å². The molecule has 0 aliphatic carbocycles. The molecule has 1 aromatic heterocycles. The monoisotopic (exact) mass is 337 g/mol. The van der Waals surface area contributed by atoms with Gasteiger partial charge in [0.05, 0.1) is 12.7 Å². The summed E-state index contributed by atoms with van der Waals surface area (Å²) in [6.45, 7) is 3.51. The number of hydrogen-bond acceptors (Lipinski definition) is 3. The van der Waals surface area contributed by atoms with Crippen LogP contribution in [0.25, 0.3) is 0 Å². The van der Waals surface area contributed by atoms with Crippen LogP contribution in [-0.4, -0.2) is 23.4 Å². The Morgan fingerprint density at radius 3 is 3.00 bits per heavy atom. The maximum Gasteiger partial charge on any atom is 0.120 e. The van der Waals surface area contributed by atoms with Crippen molar-refractivity contribution in [3.8, 4) is 5.75 Å². The SMILES string of the molecule is CCC(NC)c1cnn(CCOc2cccc(Br)c2)c1. The quantitative estimate of drug-likeness (QED) is 0.841. The van der Waals surface area contributed by atoms with E-state index in [2.05, 4.69) is 39.5 Å². The zero-order valence-corrected chi connectivity index (χ0v) is 13.4. The number of nitrogens with one attached hydrogen (secondary N) is 1. The van der Waals surface area contributed by atoms with Gasteiger partial charge in [0.15, 0.2) is 0 Å². The van der Waals surface area contributed by atoms with Gasteiger partial charge >= 0.3 is 0 Å². The van der Waals surface area contributed by atoms with Crippen molar-refractivity contribution in [1.82, 2.24) is 15.1 Å². The van der Waals surface area contributed by atoms with E-state index in [1.807, 2.05) is 42.2 Å². The summed E-state index contributed by atoms with van der Waals surface area (Å²) in [5.41, 5.74) is 1.22. The Labute approximate surface area is 128 Å². The number of nitrogens with zero attached hydrogens (tertiary/aromatic N) is 2. The fourth-order valence-electron chi connectivity index (χ4n) is 2.10. The van der Waals surface area contributed by atoms with Crippen LogP contribution in [0.15, 0.2) is 41.1 Å². The maximum absolute atomic E-state index is 5.71. The van der Waals surface area contributed by atoms with E-state index in [-0.39, 0.29) is 0 Å². The largest absolute Gasteiger partial charge is 0.492 e. The highest BCUT2D eigenvalue weighted by Gasteiger charge is 2.08. The number of halogens is 1. The Morgan fingerprint density at radius 2 is 2.30 bits per heavy atom. The molecule has 0 bridgehead atoms. The summed E-state index contributed by atoms with van der Waals surface area (Å²) in [6, 6.07) is 8.23. The molecule has 2 aromatic rings. The van der Waals surface area contributed by atoms with Crippen molar-refractivity contribution in [3.05, 3.63) is 46.7 Å². The van der Waals surface area contributed by atoms with E-state index in [0.29, 0.717) is 12.6 Å². The first-order valence-electron chi connectivity index (χ1n) is 6.81. The normalized spacial score (nSPS) is 12.3. The third kappa shape index (κ3) is 4.08. The number of aromatic nitrogens is 2. The van der Waals surface area contributed by atoms with Gasteiger partial charge in [0.25, 0.3) is 0 Å². The molecule has 5 heteroatoms. The van der Waals surface area contributed by atoms with Crippen LogP contribution in [0.3, 0.4) is 0 Å². The molecule has 0 radical (unpaired) electrons. The smallest absolute Gasteiger partial charge is 0.120 e. The van der Waals surface area contributed by atoms with E-state index in [1.54, 1.807) is 0 Å². The Bertz CT molecular complexity index is 537. The number of benzene rings is 1. The Morgan fingerprint density at radius 1 is 1.45 bits per heavy atom. The second-order valence-electron chi connectivity index (χ2n) is 4.59. The van der Waals surface area contributed by atoms with Gasteiger partial charge in [-0.1, -0.05) is 28.9 Å². The molecule has 20 heavy (non-hydrogen) atoms. The van der Waals surface area contributed by atoms with Crippen molar-refractivity contribution in [3.63, 3.8) is 0 Å².